The topological polar surface area (TPSA) is 70.8 Å². The van der Waals surface area contributed by atoms with Crippen LogP contribution in [0.5, 0.6) is 11.5 Å². The molecular formula is C26H18Cl2N2NiO2. The Labute approximate surface area is 212 Å². The van der Waals surface area contributed by atoms with Crippen LogP contribution in [-0.2, 0) is 16.5 Å². The quantitative estimate of drug-likeness (QED) is 0.233. The molecule has 0 heterocycles. The first-order valence-corrected chi connectivity index (χ1v) is 10.4. The van der Waals surface area contributed by atoms with Gasteiger partial charge in [0.25, 0.3) is 0 Å². The maximum Gasteiger partial charge on any atom is 2.00 e. The SMILES string of the molecule is [Ni+2].[O-]c1ccccc1C=Nc1ccc(Cl)cc1.[O-]c1ccccc1C=Nc1ccc(Cl)cc1. The molecule has 0 unspecified atom stereocenters. The van der Waals surface area contributed by atoms with Gasteiger partial charge in [0.05, 0.1) is 11.4 Å². The van der Waals surface area contributed by atoms with E-state index < -0.39 is 0 Å². The number of nitrogens with zero attached hydrogens (tertiary/aromatic N) is 2. The van der Waals surface area contributed by atoms with Gasteiger partial charge in [-0.2, -0.15) is 0 Å². The zero-order valence-corrected chi connectivity index (χ0v) is 19.7. The van der Waals surface area contributed by atoms with E-state index in [1.807, 2.05) is 12.1 Å². The molecule has 0 fully saturated rings. The first kappa shape index (κ1) is 26.1. The zero-order chi connectivity index (χ0) is 22.8. The third-order valence-corrected chi connectivity index (χ3v) is 4.70. The number of halogens is 2. The van der Waals surface area contributed by atoms with Crippen LogP contribution in [0.1, 0.15) is 11.1 Å². The molecule has 168 valence electrons. The summed E-state index contributed by atoms with van der Waals surface area (Å²) in [6.07, 6.45) is 3.12. The maximum atomic E-state index is 11.4. The van der Waals surface area contributed by atoms with Crippen molar-refractivity contribution < 1.29 is 26.7 Å². The van der Waals surface area contributed by atoms with Crippen molar-refractivity contribution in [2.24, 2.45) is 9.98 Å². The molecule has 0 aliphatic heterocycles. The molecule has 0 saturated carbocycles. The van der Waals surface area contributed by atoms with E-state index in [1.165, 1.54) is 12.1 Å². The Morgan fingerprint density at radius 2 is 0.848 bits per heavy atom. The average Bonchev–Trinajstić information content (AvgIpc) is 2.81. The van der Waals surface area contributed by atoms with Crippen LogP contribution in [-0.4, -0.2) is 12.4 Å². The van der Waals surface area contributed by atoms with Gasteiger partial charge in [-0.1, -0.05) is 71.7 Å². The minimum Gasteiger partial charge on any atom is -0.872 e. The number of hydrogen-bond donors (Lipinski definition) is 0. The molecule has 4 nitrogen and oxygen atoms in total. The molecule has 0 aliphatic carbocycles. The largest absolute Gasteiger partial charge is 2.00 e. The van der Waals surface area contributed by atoms with Crippen molar-refractivity contribution >= 4 is 47.0 Å². The summed E-state index contributed by atoms with van der Waals surface area (Å²) in [6.45, 7) is 0. The summed E-state index contributed by atoms with van der Waals surface area (Å²) in [6, 6.07) is 27.8. The van der Waals surface area contributed by atoms with Crippen molar-refractivity contribution in [1.29, 1.82) is 0 Å². The molecule has 0 aromatic heterocycles. The van der Waals surface area contributed by atoms with Gasteiger partial charge in [-0.25, -0.2) is 0 Å². The van der Waals surface area contributed by atoms with Crippen LogP contribution in [0.15, 0.2) is 107 Å². The molecule has 0 aliphatic rings. The Hall–Kier alpha value is -3.11. The summed E-state index contributed by atoms with van der Waals surface area (Å²) in [7, 11) is 0. The number of rotatable bonds is 4. The van der Waals surface area contributed by atoms with Gasteiger partial charge < -0.3 is 10.2 Å². The summed E-state index contributed by atoms with van der Waals surface area (Å²) in [5, 5.41) is 24.1. The smallest absolute Gasteiger partial charge is 0.872 e. The Morgan fingerprint density at radius 1 is 0.515 bits per heavy atom. The van der Waals surface area contributed by atoms with Gasteiger partial charge in [-0.3, -0.25) is 9.98 Å². The summed E-state index contributed by atoms with van der Waals surface area (Å²) in [5.41, 5.74) is 2.70. The van der Waals surface area contributed by atoms with Gasteiger partial charge in [-0.05, 0) is 59.7 Å². The summed E-state index contributed by atoms with van der Waals surface area (Å²) < 4.78 is 0. The Bertz CT molecular complexity index is 1110. The van der Waals surface area contributed by atoms with Crippen LogP contribution in [0.3, 0.4) is 0 Å². The van der Waals surface area contributed by atoms with Gasteiger partial charge in [0.15, 0.2) is 0 Å². The van der Waals surface area contributed by atoms with E-state index >= 15 is 0 Å². The molecule has 7 heteroatoms. The van der Waals surface area contributed by atoms with E-state index in [2.05, 4.69) is 9.98 Å². The Morgan fingerprint density at radius 3 is 1.18 bits per heavy atom. The fraction of sp³-hybridized carbons (Fsp3) is 0. The van der Waals surface area contributed by atoms with Crippen molar-refractivity contribution in [2.45, 2.75) is 0 Å². The van der Waals surface area contributed by atoms with Crippen molar-refractivity contribution in [3.05, 3.63) is 118 Å². The molecule has 0 N–H and O–H groups in total. The number of benzene rings is 4. The van der Waals surface area contributed by atoms with Crippen LogP contribution in [0.2, 0.25) is 10.0 Å². The van der Waals surface area contributed by atoms with Gasteiger partial charge in [0.1, 0.15) is 0 Å². The minimum atomic E-state index is -0.0276. The van der Waals surface area contributed by atoms with Gasteiger partial charge >= 0.3 is 16.5 Å². The third kappa shape index (κ3) is 8.74. The van der Waals surface area contributed by atoms with Crippen LogP contribution in [0.25, 0.3) is 0 Å². The van der Waals surface area contributed by atoms with Crippen molar-refractivity contribution in [1.82, 2.24) is 0 Å². The fourth-order valence-corrected chi connectivity index (χ4v) is 2.77. The predicted octanol–water partition coefficient (Wildman–Crippen LogP) is 6.33. The molecule has 4 aromatic carbocycles. The second kappa shape index (κ2) is 13.4. The summed E-state index contributed by atoms with van der Waals surface area (Å²) in [5.74, 6) is -0.0552. The molecule has 33 heavy (non-hydrogen) atoms. The van der Waals surface area contributed by atoms with E-state index in [0.29, 0.717) is 21.2 Å². The van der Waals surface area contributed by atoms with Gasteiger partial charge in [-0.15, -0.1) is 11.5 Å². The van der Waals surface area contributed by atoms with Crippen LogP contribution in [0.4, 0.5) is 11.4 Å². The number of aliphatic imine (C=N–C) groups is 2. The van der Waals surface area contributed by atoms with E-state index in [1.54, 1.807) is 85.2 Å². The second-order valence-electron chi connectivity index (χ2n) is 6.54. The summed E-state index contributed by atoms with van der Waals surface area (Å²) in [4.78, 5) is 8.39. The van der Waals surface area contributed by atoms with Crippen LogP contribution >= 0.6 is 23.2 Å². The van der Waals surface area contributed by atoms with Gasteiger partial charge in [0.2, 0.25) is 0 Å². The van der Waals surface area contributed by atoms with Crippen molar-refractivity contribution in [2.75, 3.05) is 0 Å². The zero-order valence-electron chi connectivity index (χ0n) is 17.2. The first-order chi connectivity index (χ1) is 15.5. The molecule has 0 amide bonds. The molecule has 0 spiro atoms. The maximum absolute atomic E-state index is 11.4. The van der Waals surface area contributed by atoms with Gasteiger partial charge in [0, 0.05) is 22.5 Å². The Kier molecular flexibility index (Phi) is 10.7. The monoisotopic (exact) mass is 518 g/mol. The Balaban J connectivity index is 0.000000227. The van der Waals surface area contributed by atoms with Crippen molar-refractivity contribution in [3.63, 3.8) is 0 Å². The molecule has 0 saturated heterocycles. The fourth-order valence-electron chi connectivity index (χ4n) is 2.52. The molecule has 4 rings (SSSR count). The molecule has 4 aromatic rings. The predicted molar refractivity (Wildman–Crippen MR) is 129 cm³/mol. The van der Waals surface area contributed by atoms with E-state index in [9.17, 15) is 10.2 Å². The number of hydrogen-bond acceptors (Lipinski definition) is 4. The third-order valence-electron chi connectivity index (χ3n) is 4.20. The average molecular weight is 520 g/mol. The number of para-hydroxylation sites is 2. The van der Waals surface area contributed by atoms with E-state index in [-0.39, 0.29) is 28.0 Å². The molecular weight excluding hydrogens is 502 g/mol. The van der Waals surface area contributed by atoms with Crippen LogP contribution in [0, 0.1) is 0 Å². The molecule has 0 atom stereocenters. The summed E-state index contributed by atoms with van der Waals surface area (Å²) >= 11 is 11.5. The standard InChI is InChI=1S/2C13H10ClNO.Ni/c2*14-11-5-7-12(8-6-11)15-9-10-3-1-2-4-13(10)16;/h2*1-9,16H;/q;;+2/p-2. The first-order valence-electron chi connectivity index (χ1n) is 9.62. The minimum absolute atomic E-state index is 0. The van der Waals surface area contributed by atoms with Crippen LogP contribution < -0.4 is 10.2 Å². The second-order valence-corrected chi connectivity index (χ2v) is 7.42. The van der Waals surface area contributed by atoms with E-state index in [4.69, 9.17) is 23.2 Å². The molecule has 0 radical (unpaired) electrons. The van der Waals surface area contributed by atoms with E-state index in [0.717, 1.165) is 11.4 Å². The van der Waals surface area contributed by atoms with Crippen molar-refractivity contribution in [3.8, 4) is 11.5 Å². The normalized spacial score (nSPS) is 10.5. The molecule has 0 bridgehead atoms.